The molecule has 0 unspecified atom stereocenters. The van der Waals surface area contributed by atoms with Gasteiger partial charge in [-0.15, -0.1) is 10.2 Å². The Morgan fingerprint density at radius 3 is 2.38 bits per heavy atom. The molecule has 2 N–H and O–H groups in total. The molecule has 0 amide bonds. The van der Waals surface area contributed by atoms with Crippen LogP contribution >= 0.6 is 0 Å². The number of halogens is 3. The van der Waals surface area contributed by atoms with Crippen LogP contribution in [0.15, 0.2) is 0 Å². The van der Waals surface area contributed by atoms with Crippen molar-refractivity contribution < 1.29 is 13.2 Å². The van der Waals surface area contributed by atoms with Crippen molar-refractivity contribution in [1.82, 2.24) is 14.8 Å². The smallest absolute Gasteiger partial charge is 0.347 e. The van der Waals surface area contributed by atoms with Crippen LogP contribution < -0.4 is 10.6 Å². The molecule has 1 heterocycles. The van der Waals surface area contributed by atoms with Gasteiger partial charge in [0.25, 0.3) is 0 Å². The molecule has 92 valence electrons. The molecule has 0 saturated heterocycles. The fourth-order valence-electron chi connectivity index (χ4n) is 1.31. The summed E-state index contributed by atoms with van der Waals surface area (Å²) in [7, 11) is 3.23. The lowest BCUT2D eigenvalue weighted by atomic mass is 10.4. The number of hydrogen-bond acceptors (Lipinski definition) is 4. The van der Waals surface area contributed by atoms with Gasteiger partial charge in [0.1, 0.15) is 12.4 Å². The molecule has 0 saturated carbocycles. The molecule has 0 bridgehead atoms. The molecule has 0 aliphatic heterocycles. The van der Waals surface area contributed by atoms with Crippen LogP contribution in [0.1, 0.15) is 5.82 Å². The molecule has 0 aliphatic rings. The second-order valence-electron chi connectivity index (χ2n) is 3.55. The number of alkyl halides is 3. The first-order chi connectivity index (χ1) is 7.35. The highest BCUT2D eigenvalue weighted by Gasteiger charge is 2.31. The molecular weight excluding hydrogens is 223 g/mol. The van der Waals surface area contributed by atoms with Crippen molar-refractivity contribution in [2.24, 2.45) is 5.73 Å². The van der Waals surface area contributed by atoms with E-state index in [1.807, 2.05) is 0 Å². The molecule has 0 spiro atoms. The summed E-state index contributed by atoms with van der Waals surface area (Å²) in [4.78, 5) is 1.48. The maximum atomic E-state index is 12.4. The minimum atomic E-state index is -4.30. The van der Waals surface area contributed by atoms with E-state index in [0.717, 1.165) is 4.57 Å². The zero-order valence-electron chi connectivity index (χ0n) is 9.12. The van der Waals surface area contributed by atoms with Gasteiger partial charge in [0.2, 0.25) is 5.95 Å². The average molecular weight is 237 g/mol. The highest BCUT2D eigenvalue weighted by molar-refractivity contribution is 5.28. The van der Waals surface area contributed by atoms with Crippen LogP contribution in [0.25, 0.3) is 0 Å². The predicted molar refractivity (Wildman–Crippen MR) is 53.2 cm³/mol. The van der Waals surface area contributed by atoms with E-state index in [9.17, 15) is 13.2 Å². The third kappa shape index (κ3) is 3.09. The van der Waals surface area contributed by atoms with Crippen molar-refractivity contribution in [2.75, 3.05) is 25.5 Å². The van der Waals surface area contributed by atoms with E-state index in [2.05, 4.69) is 10.2 Å². The highest BCUT2D eigenvalue weighted by atomic mass is 19.4. The van der Waals surface area contributed by atoms with E-state index in [1.165, 1.54) is 4.90 Å². The zero-order valence-corrected chi connectivity index (χ0v) is 9.12. The Labute approximate surface area is 91.0 Å². The molecule has 1 aromatic rings. The third-order valence-corrected chi connectivity index (χ3v) is 1.91. The van der Waals surface area contributed by atoms with E-state index < -0.39 is 12.7 Å². The summed E-state index contributed by atoms with van der Waals surface area (Å²) in [5.74, 6) is 0.435. The second-order valence-corrected chi connectivity index (χ2v) is 3.55. The fraction of sp³-hybridized carbons (Fsp3) is 0.750. The van der Waals surface area contributed by atoms with Crippen LogP contribution in [0.5, 0.6) is 0 Å². The largest absolute Gasteiger partial charge is 0.406 e. The van der Waals surface area contributed by atoms with Crippen LogP contribution in [-0.2, 0) is 13.0 Å². The molecule has 0 aliphatic carbocycles. The average Bonchev–Trinajstić information content (AvgIpc) is 2.47. The number of nitrogens with zero attached hydrogens (tertiary/aromatic N) is 4. The lowest BCUT2D eigenvalue weighted by molar-refractivity contribution is -0.140. The maximum absolute atomic E-state index is 12.4. The Kier molecular flexibility index (Phi) is 3.74. The van der Waals surface area contributed by atoms with Crippen molar-refractivity contribution in [3.63, 3.8) is 0 Å². The lowest BCUT2D eigenvalue weighted by Gasteiger charge is -2.16. The number of nitrogens with two attached hydrogens (primary N) is 1. The molecule has 8 heteroatoms. The SMILES string of the molecule is CN(C)c1nnc(CCN)n1CC(F)(F)F. The van der Waals surface area contributed by atoms with Gasteiger partial charge in [-0.1, -0.05) is 0 Å². The van der Waals surface area contributed by atoms with Gasteiger partial charge in [-0.2, -0.15) is 13.2 Å². The van der Waals surface area contributed by atoms with Crippen molar-refractivity contribution in [3.8, 4) is 0 Å². The molecule has 1 aromatic heterocycles. The fourth-order valence-corrected chi connectivity index (χ4v) is 1.31. The number of aromatic nitrogens is 3. The van der Waals surface area contributed by atoms with Crippen molar-refractivity contribution in [1.29, 1.82) is 0 Å². The van der Waals surface area contributed by atoms with Gasteiger partial charge in [-0.05, 0) is 6.54 Å². The zero-order chi connectivity index (χ0) is 12.3. The Balaban J connectivity index is 3.04. The van der Waals surface area contributed by atoms with Gasteiger partial charge in [-0.3, -0.25) is 4.57 Å². The van der Waals surface area contributed by atoms with Crippen LogP contribution in [0, 0.1) is 0 Å². The Bertz CT molecular complexity index is 344. The van der Waals surface area contributed by atoms with Crippen LogP contribution in [-0.4, -0.2) is 41.6 Å². The van der Waals surface area contributed by atoms with Crippen molar-refractivity contribution in [3.05, 3.63) is 5.82 Å². The first kappa shape index (κ1) is 12.8. The first-order valence-corrected chi connectivity index (χ1v) is 4.71. The highest BCUT2D eigenvalue weighted by Crippen LogP contribution is 2.22. The molecule has 0 aromatic carbocycles. The van der Waals surface area contributed by atoms with Gasteiger partial charge in [0, 0.05) is 20.5 Å². The molecule has 0 radical (unpaired) electrons. The van der Waals surface area contributed by atoms with E-state index in [1.54, 1.807) is 14.1 Å². The molecule has 1 rings (SSSR count). The summed E-state index contributed by atoms with van der Waals surface area (Å²) >= 11 is 0. The monoisotopic (exact) mass is 237 g/mol. The number of rotatable bonds is 4. The van der Waals surface area contributed by atoms with E-state index in [4.69, 9.17) is 5.73 Å². The lowest BCUT2D eigenvalue weighted by Crippen LogP contribution is -2.24. The third-order valence-electron chi connectivity index (χ3n) is 1.91. The van der Waals surface area contributed by atoms with Crippen LogP contribution in [0.2, 0.25) is 0 Å². The topological polar surface area (TPSA) is 60.0 Å². The summed E-state index contributed by atoms with van der Waals surface area (Å²) in [5, 5.41) is 7.40. The molecule has 0 atom stereocenters. The van der Waals surface area contributed by atoms with Gasteiger partial charge >= 0.3 is 6.18 Å². The quantitative estimate of drug-likeness (QED) is 0.823. The maximum Gasteiger partial charge on any atom is 0.406 e. The Morgan fingerprint density at radius 1 is 1.31 bits per heavy atom. The van der Waals surface area contributed by atoms with Gasteiger partial charge in [0.05, 0.1) is 0 Å². The Hall–Kier alpha value is -1.31. The standard InChI is InChI=1S/C8H14F3N5/c1-15(2)7-14-13-6(3-4-12)16(7)5-8(9,10)11/h3-5,12H2,1-2H3. The summed E-state index contributed by atoms with van der Waals surface area (Å²) in [6, 6.07) is 0. The summed E-state index contributed by atoms with van der Waals surface area (Å²) in [6.45, 7) is -0.855. The van der Waals surface area contributed by atoms with Crippen LogP contribution in [0.3, 0.4) is 0 Å². The molecule has 16 heavy (non-hydrogen) atoms. The second kappa shape index (κ2) is 4.69. The predicted octanol–water partition coefficient (Wildman–Crippen LogP) is 0.408. The van der Waals surface area contributed by atoms with Gasteiger partial charge in [0.15, 0.2) is 0 Å². The summed E-state index contributed by atoms with van der Waals surface area (Å²) < 4.78 is 38.1. The summed E-state index contributed by atoms with van der Waals surface area (Å²) in [5.41, 5.74) is 5.30. The minimum Gasteiger partial charge on any atom is -0.347 e. The minimum absolute atomic E-state index is 0.181. The van der Waals surface area contributed by atoms with Crippen molar-refractivity contribution >= 4 is 5.95 Å². The number of hydrogen-bond donors (Lipinski definition) is 1. The normalized spacial score (nSPS) is 11.9. The Morgan fingerprint density at radius 2 is 1.94 bits per heavy atom. The van der Waals surface area contributed by atoms with E-state index in [0.29, 0.717) is 0 Å². The first-order valence-electron chi connectivity index (χ1n) is 4.71. The van der Waals surface area contributed by atoms with Gasteiger partial charge < -0.3 is 10.6 Å². The summed E-state index contributed by atoms with van der Waals surface area (Å²) in [6.07, 6.45) is -4.02. The number of anilines is 1. The van der Waals surface area contributed by atoms with E-state index >= 15 is 0 Å². The van der Waals surface area contributed by atoms with Crippen LogP contribution in [0.4, 0.5) is 19.1 Å². The van der Waals surface area contributed by atoms with Crippen molar-refractivity contribution in [2.45, 2.75) is 19.1 Å². The molecule has 0 fully saturated rings. The molecular formula is C8H14F3N5. The van der Waals surface area contributed by atoms with Gasteiger partial charge in [-0.25, -0.2) is 0 Å². The van der Waals surface area contributed by atoms with E-state index in [-0.39, 0.29) is 24.7 Å². The molecule has 5 nitrogen and oxygen atoms in total.